The van der Waals surface area contributed by atoms with E-state index in [1.807, 2.05) is 0 Å². The second kappa shape index (κ2) is 7.85. The van der Waals surface area contributed by atoms with E-state index in [1.165, 1.54) is 12.1 Å². The number of carbonyl (C=O) groups excluding carboxylic acids is 1. The number of anilines is 1. The lowest BCUT2D eigenvalue weighted by atomic mass is 10.3. The number of rotatable bonds is 5. The number of hydrogen-bond donors (Lipinski definition) is 2. The van der Waals surface area contributed by atoms with Crippen molar-refractivity contribution >= 4 is 24.0 Å². The monoisotopic (exact) mass is 298 g/mol. The molecule has 0 fully saturated rings. The van der Waals surface area contributed by atoms with Crippen LogP contribution in [0.25, 0.3) is 0 Å². The fraction of sp³-hybridized carbons (Fsp3) is 0.364. The van der Waals surface area contributed by atoms with Crippen LogP contribution in [-0.4, -0.2) is 25.9 Å². The van der Waals surface area contributed by atoms with E-state index in [0.717, 1.165) is 12.1 Å². The molecule has 0 aromatic heterocycles. The Hall–Kier alpha value is -1.47. The van der Waals surface area contributed by atoms with Gasteiger partial charge in [0.1, 0.15) is 5.75 Å². The van der Waals surface area contributed by atoms with Crippen molar-refractivity contribution in [1.82, 2.24) is 5.32 Å². The molecule has 0 saturated carbocycles. The van der Waals surface area contributed by atoms with Crippen LogP contribution in [0.5, 0.6) is 5.75 Å². The molecule has 4 nitrogen and oxygen atoms in total. The van der Waals surface area contributed by atoms with Crippen LogP contribution in [0.1, 0.15) is 6.42 Å². The Bertz CT molecular complexity index is 413. The Balaban J connectivity index is 0.00000324. The molecule has 8 heteroatoms. The molecule has 0 unspecified atom stereocenters. The number of hydrogen-bond acceptors (Lipinski definition) is 3. The summed E-state index contributed by atoms with van der Waals surface area (Å²) in [5.74, 6) is -0.651. The topological polar surface area (TPSA) is 50.4 Å². The first-order chi connectivity index (χ1) is 8.40. The highest BCUT2D eigenvalue weighted by Crippen LogP contribution is 2.24. The van der Waals surface area contributed by atoms with E-state index < -0.39 is 6.36 Å². The molecule has 19 heavy (non-hydrogen) atoms. The van der Waals surface area contributed by atoms with Crippen molar-refractivity contribution in [3.8, 4) is 5.75 Å². The summed E-state index contributed by atoms with van der Waals surface area (Å²) in [6.07, 6.45) is -4.50. The largest absolute Gasteiger partial charge is 0.573 e. The minimum absolute atomic E-state index is 0. The molecule has 0 aliphatic rings. The van der Waals surface area contributed by atoms with E-state index in [1.54, 1.807) is 7.05 Å². The van der Waals surface area contributed by atoms with Gasteiger partial charge in [-0.05, 0) is 19.2 Å². The highest BCUT2D eigenvalue weighted by molar-refractivity contribution is 5.90. The number of alkyl halides is 3. The van der Waals surface area contributed by atoms with Crippen molar-refractivity contribution < 1.29 is 22.7 Å². The van der Waals surface area contributed by atoms with Gasteiger partial charge < -0.3 is 15.4 Å². The van der Waals surface area contributed by atoms with Crippen LogP contribution in [0.2, 0.25) is 0 Å². The summed E-state index contributed by atoms with van der Waals surface area (Å²) >= 11 is 0. The molecule has 0 saturated heterocycles. The van der Waals surface area contributed by atoms with Crippen LogP contribution < -0.4 is 15.4 Å². The van der Waals surface area contributed by atoms with Crippen molar-refractivity contribution in [2.24, 2.45) is 0 Å². The maximum absolute atomic E-state index is 12.0. The second-order valence-corrected chi connectivity index (χ2v) is 3.48. The van der Waals surface area contributed by atoms with Gasteiger partial charge in [-0.15, -0.1) is 25.6 Å². The zero-order valence-electron chi connectivity index (χ0n) is 10.1. The highest BCUT2D eigenvalue weighted by atomic mass is 35.5. The van der Waals surface area contributed by atoms with Gasteiger partial charge >= 0.3 is 6.36 Å². The van der Waals surface area contributed by atoms with Gasteiger partial charge in [-0.2, -0.15) is 0 Å². The number of ether oxygens (including phenoxy) is 1. The molecular weight excluding hydrogens is 285 g/mol. The first-order valence-electron chi connectivity index (χ1n) is 5.21. The molecule has 108 valence electrons. The Morgan fingerprint density at radius 3 is 2.63 bits per heavy atom. The average Bonchev–Trinajstić information content (AvgIpc) is 2.24. The lowest BCUT2D eigenvalue weighted by Gasteiger charge is -2.10. The summed E-state index contributed by atoms with van der Waals surface area (Å²) in [5, 5.41) is 5.27. The van der Waals surface area contributed by atoms with Crippen LogP contribution in [0.15, 0.2) is 24.3 Å². The maximum Gasteiger partial charge on any atom is 0.573 e. The summed E-state index contributed by atoms with van der Waals surface area (Å²) in [6.45, 7) is 0.491. The lowest BCUT2D eigenvalue weighted by Crippen LogP contribution is -2.19. The Morgan fingerprint density at radius 2 is 2.05 bits per heavy atom. The van der Waals surface area contributed by atoms with Gasteiger partial charge in [0.15, 0.2) is 0 Å². The van der Waals surface area contributed by atoms with Gasteiger partial charge in [0.2, 0.25) is 5.91 Å². The standard InChI is InChI=1S/C11H13F3N2O2.ClH/c1-15-6-5-10(17)16-8-3-2-4-9(7-8)18-11(12,13)14;/h2-4,7,15H,5-6H2,1H3,(H,16,17);1H. The SMILES string of the molecule is CNCCC(=O)Nc1cccc(OC(F)(F)F)c1.Cl. The summed E-state index contributed by atoms with van der Waals surface area (Å²) in [7, 11) is 1.70. The maximum atomic E-state index is 12.0. The number of carbonyl (C=O) groups is 1. The number of amides is 1. The summed E-state index contributed by atoms with van der Waals surface area (Å²) in [5.41, 5.74) is 0.262. The first kappa shape index (κ1) is 17.5. The molecule has 1 rings (SSSR count). The molecule has 0 spiro atoms. The minimum Gasteiger partial charge on any atom is -0.406 e. The summed E-state index contributed by atoms with van der Waals surface area (Å²) in [4.78, 5) is 11.4. The minimum atomic E-state index is -4.74. The van der Waals surface area contributed by atoms with E-state index in [2.05, 4.69) is 15.4 Å². The van der Waals surface area contributed by atoms with Gasteiger partial charge in [0.25, 0.3) is 0 Å². The first-order valence-corrected chi connectivity index (χ1v) is 5.21. The molecule has 1 amide bonds. The van der Waals surface area contributed by atoms with Crippen LogP contribution >= 0.6 is 12.4 Å². The second-order valence-electron chi connectivity index (χ2n) is 3.48. The Kier molecular flexibility index (Phi) is 7.25. The highest BCUT2D eigenvalue weighted by Gasteiger charge is 2.31. The van der Waals surface area contributed by atoms with Crippen molar-refractivity contribution in [2.75, 3.05) is 18.9 Å². The lowest BCUT2D eigenvalue weighted by molar-refractivity contribution is -0.274. The number of benzene rings is 1. The van der Waals surface area contributed by atoms with Crippen molar-refractivity contribution in [1.29, 1.82) is 0 Å². The smallest absolute Gasteiger partial charge is 0.406 e. The van der Waals surface area contributed by atoms with Crippen LogP contribution in [0.3, 0.4) is 0 Å². The number of nitrogens with one attached hydrogen (secondary N) is 2. The van der Waals surface area contributed by atoms with E-state index in [9.17, 15) is 18.0 Å². The van der Waals surface area contributed by atoms with E-state index in [4.69, 9.17) is 0 Å². The third-order valence-electron chi connectivity index (χ3n) is 1.95. The zero-order valence-corrected chi connectivity index (χ0v) is 10.9. The summed E-state index contributed by atoms with van der Waals surface area (Å²) in [6, 6.07) is 5.14. The molecule has 0 aliphatic heterocycles. The van der Waals surface area contributed by atoms with Gasteiger partial charge in [-0.25, -0.2) is 0 Å². The van der Waals surface area contributed by atoms with Gasteiger partial charge in [-0.3, -0.25) is 4.79 Å². The summed E-state index contributed by atoms with van der Waals surface area (Å²) < 4.78 is 39.7. The molecule has 2 N–H and O–H groups in total. The fourth-order valence-corrected chi connectivity index (χ4v) is 1.23. The van der Waals surface area contributed by atoms with Crippen molar-refractivity contribution in [3.05, 3.63) is 24.3 Å². The number of halogens is 4. The molecule has 1 aromatic rings. The predicted molar refractivity (Wildman–Crippen MR) is 67.5 cm³/mol. The third-order valence-corrected chi connectivity index (χ3v) is 1.95. The Labute approximate surface area is 114 Å². The molecule has 0 heterocycles. The molecule has 0 atom stereocenters. The van der Waals surface area contributed by atoms with E-state index in [-0.39, 0.29) is 36.2 Å². The van der Waals surface area contributed by atoms with Crippen LogP contribution in [-0.2, 0) is 4.79 Å². The zero-order chi connectivity index (χ0) is 13.6. The fourth-order valence-electron chi connectivity index (χ4n) is 1.23. The van der Waals surface area contributed by atoms with Crippen LogP contribution in [0, 0.1) is 0 Å². The molecule has 1 aromatic carbocycles. The predicted octanol–water partition coefficient (Wildman–Crippen LogP) is 2.56. The molecular formula is C11H14ClF3N2O2. The molecule has 0 aliphatic carbocycles. The van der Waals surface area contributed by atoms with Crippen molar-refractivity contribution in [2.45, 2.75) is 12.8 Å². The van der Waals surface area contributed by atoms with Gasteiger partial charge in [0.05, 0.1) is 0 Å². The molecule has 0 bridgehead atoms. The van der Waals surface area contributed by atoms with Crippen LogP contribution in [0.4, 0.5) is 18.9 Å². The van der Waals surface area contributed by atoms with Crippen molar-refractivity contribution in [3.63, 3.8) is 0 Å². The van der Waals surface area contributed by atoms with Gasteiger partial charge in [-0.1, -0.05) is 6.07 Å². The molecule has 0 radical (unpaired) electrons. The normalized spacial score (nSPS) is 10.5. The Morgan fingerprint density at radius 1 is 1.37 bits per heavy atom. The average molecular weight is 299 g/mol. The third kappa shape index (κ3) is 7.53. The van der Waals surface area contributed by atoms with E-state index in [0.29, 0.717) is 6.54 Å². The van der Waals surface area contributed by atoms with Gasteiger partial charge in [0, 0.05) is 24.7 Å². The van der Waals surface area contributed by atoms with E-state index >= 15 is 0 Å². The quantitative estimate of drug-likeness (QED) is 0.878.